The molecule has 0 spiro atoms. The SMILES string of the molecule is CCCNCC1(N)CCCC(C)C1. The van der Waals surface area contributed by atoms with Crippen LogP contribution in [-0.2, 0) is 0 Å². The zero-order valence-corrected chi connectivity index (χ0v) is 9.10. The highest BCUT2D eigenvalue weighted by atomic mass is 14.9. The standard InChI is InChI=1S/C11H24N2/c1-3-7-13-9-11(12)6-4-5-10(2)8-11/h10,13H,3-9,12H2,1-2H3. The third kappa shape index (κ3) is 3.65. The van der Waals surface area contributed by atoms with Crippen LogP contribution < -0.4 is 11.1 Å². The van der Waals surface area contributed by atoms with E-state index in [2.05, 4.69) is 19.2 Å². The van der Waals surface area contributed by atoms with Crippen molar-refractivity contribution in [1.29, 1.82) is 0 Å². The molecule has 1 aliphatic carbocycles. The van der Waals surface area contributed by atoms with Gasteiger partial charge >= 0.3 is 0 Å². The molecule has 0 amide bonds. The minimum absolute atomic E-state index is 0.0901. The number of nitrogens with two attached hydrogens (primary N) is 1. The van der Waals surface area contributed by atoms with Gasteiger partial charge in [-0.15, -0.1) is 0 Å². The van der Waals surface area contributed by atoms with Gasteiger partial charge in [0.25, 0.3) is 0 Å². The maximum absolute atomic E-state index is 6.33. The molecule has 2 heteroatoms. The third-order valence-electron chi connectivity index (χ3n) is 3.03. The summed E-state index contributed by atoms with van der Waals surface area (Å²) in [6.45, 7) is 6.62. The van der Waals surface area contributed by atoms with Crippen molar-refractivity contribution < 1.29 is 0 Å². The van der Waals surface area contributed by atoms with Crippen molar-refractivity contribution in [3.05, 3.63) is 0 Å². The van der Waals surface area contributed by atoms with Crippen molar-refractivity contribution in [2.24, 2.45) is 11.7 Å². The van der Waals surface area contributed by atoms with Crippen LogP contribution in [0.5, 0.6) is 0 Å². The Morgan fingerprint density at radius 3 is 2.92 bits per heavy atom. The summed E-state index contributed by atoms with van der Waals surface area (Å²) in [7, 11) is 0. The Labute approximate surface area is 82.3 Å². The molecular formula is C11H24N2. The van der Waals surface area contributed by atoms with Gasteiger partial charge < -0.3 is 11.1 Å². The molecule has 3 N–H and O–H groups in total. The highest BCUT2D eigenvalue weighted by Crippen LogP contribution is 2.29. The molecule has 78 valence electrons. The molecule has 2 nitrogen and oxygen atoms in total. The van der Waals surface area contributed by atoms with Gasteiger partial charge in [0.1, 0.15) is 0 Å². The molecular weight excluding hydrogens is 160 g/mol. The summed E-state index contributed by atoms with van der Waals surface area (Å²) in [5.74, 6) is 0.821. The molecule has 1 rings (SSSR count). The van der Waals surface area contributed by atoms with E-state index in [4.69, 9.17) is 5.73 Å². The average molecular weight is 184 g/mol. The van der Waals surface area contributed by atoms with Gasteiger partial charge in [0.05, 0.1) is 0 Å². The van der Waals surface area contributed by atoms with E-state index in [9.17, 15) is 0 Å². The summed E-state index contributed by atoms with van der Waals surface area (Å²) < 4.78 is 0. The van der Waals surface area contributed by atoms with Crippen LogP contribution in [0.1, 0.15) is 46.0 Å². The quantitative estimate of drug-likeness (QED) is 0.655. The van der Waals surface area contributed by atoms with Crippen molar-refractivity contribution in [2.75, 3.05) is 13.1 Å². The molecule has 1 saturated carbocycles. The largest absolute Gasteiger partial charge is 0.324 e. The molecule has 2 atom stereocenters. The molecule has 1 fully saturated rings. The molecule has 1 aliphatic rings. The Balaban J connectivity index is 2.27. The highest BCUT2D eigenvalue weighted by Gasteiger charge is 2.30. The molecule has 0 aromatic rings. The Hall–Kier alpha value is -0.0800. The van der Waals surface area contributed by atoms with Gasteiger partial charge in [-0.2, -0.15) is 0 Å². The van der Waals surface area contributed by atoms with E-state index in [1.54, 1.807) is 0 Å². The minimum atomic E-state index is 0.0901. The molecule has 0 saturated heterocycles. The Morgan fingerprint density at radius 2 is 2.31 bits per heavy atom. The zero-order valence-electron chi connectivity index (χ0n) is 9.10. The Morgan fingerprint density at radius 1 is 1.54 bits per heavy atom. The zero-order chi connectivity index (χ0) is 9.73. The van der Waals surface area contributed by atoms with Crippen LogP contribution in [0.15, 0.2) is 0 Å². The third-order valence-corrected chi connectivity index (χ3v) is 3.03. The van der Waals surface area contributed by atoms with E-state index in [1.807, 2.05) is 0 Å². The van der Waals surface area contributed by atoms with Crippen LogP contribution in [0, 0.1) is 5.92 Å². The summed E-state index contributed by atoms with van der Waals surface area (Å²) in [4.78, 5) is 0. The lowest BCUT2D eigenvalue weighted by molar-refractivity contribution is 0.230. The summed E-state index contributed by atoms with van der Waals surface area (Å²) >= 11 is 0. The van der Waals surface area contributed by atoms with Gasteiger partial charge in [0.2, 0.25) is 0 Å². The van der Waals surface area contributed by atoms with Crippen molar-refractivity contribution >= 4 is 0 Å². The van der Waals surface area contributed by atoms with Gasteiger partial charge in [0.15, 0.2) is 0 Å². The number of hydrogen-bond acceptors (Lipinski definition) is 2. The first-order chi connectivity index (χ1) is 6.16. The topological polar surface area (TPSA) is 38.0 Å². The summed E-state index contributed by atoms with van der Waals surface area (Å²) in [5, 5.41) is 3.44. The van der Waals surface area contributed by atoms with Gasteiger partial charge in [-0.3, -0.25) is 0 Å². The lowest BCUT2D eigenvalue weighted by Gasteiger charge is -2.37. The monoisotopic (exact) mass is 184 g/mol. The normalized spacial score (nSPS) is 34.8. The van der Waals surface area contributed by atoms with Gasteiger partial charge in [-0.05, 0) is 31.7 Å². The molecule has 0 heterocycles. The van der Waals surface area contributed by atoms with Crippen LogP contribution in [0.3, 0.4) is 0 Å². The van der Waals surface area contributed by atoms with Crippen LogP contribution in [0.4, 0.5) is 0 Å². The van der Waals surface area contributed by atoms with Crippen LogP contribution in [0.2, 0.25) is 0 Å². The first-order valence-corrected chi connectivity index (χ1v) is 5.66. The summed E-state index contributed by atoms with van der Waals surface area (Å²) in [6.07, 6.45) is 6.28. The molecule has 2 unspecified atom stereocenters. The van der Waals surface area contributed by atoms with Crippen LogP contribution in [-0.4, -0.2) is 18.6 Å². The molecule has 0 aromatic heterocycles. The Bertz CT molecular complexity index is 147. The average Bonchev–Trinajstić information content (AvgIpc) is 2.04. The first kappa shape index (κ1) is 11.0. The fraction of sp³-hybridized carbons (Fsp3) is 1.00. The van der Waals surface area contributed by atoms with E-state index < -0.39 is 0 Å². The second-order valence-electron chi connectivity index (χ2n) is 4.74. The number of rotatable bonds is 4. The highest BCUT2D eigenvalue weighted by molar-refractivity contribution is 4.91. The molecule has 13 heavy (non-hydrogen) atoms. The first-order valence-electron chi connectivity index (χ1n) is 5.66. The smallest absolute Gasteiger partial charge is 0.0283 e. The molecule has 0 bridgehead atoms. The van der Waals surface area contributed by atoms with Crippen molar-refractivity contribution in [2.45, 2.75) is 51.5 Å². The summed E-state index contributed by atoms with van der Waals surface area (Å²) in [6, 6.07) is 0. The summed E-state index contributed by atoms with van der Waals surface area (Å²) in [5.41, 5.74) is 6.42. The van der Waals surface area contributed by atoms with Crippen molar-refractivity contribution in [1.82, 2.24) is 5.32 Å². The Kier molecular flexibility index (Phi) is 4.20. The van der Waals surface area contributed by atoms with E-state index in [1.165, 1.54) is 32.1 Å². The molecule has 0 radical (unpaired) electrons. The predicted octanol–water partition coefficient (Wildman–Crippen LogP) is 1.89. The lowest BCUT2D eigenvalue weighted by Crippen LogP contribution is -2.51. The van der Waals surface area contributed by atoms with Crippen LogP contribution in [0.25, 0.3) is 0 Å². The number of hydrogen-bond donors (Lipinski definition) is 2. The van der Waals surface area contributed by atoms with Crippen molar-refractivity contribution in [3.63, 3.8) is 0 Å². The van der Waals surface area contributed by atoms with Crippen molar-refractivity contribution in [3.8, 4) is 0 Å². The second-order valence-corrected chi connectivity index (χ2v) is 4.74. The maximum Gasteiger partial charge on any atom is 0.0283 e. The van der Waals surface area contributed by atoms with Crippen LogP contribution >= 0.6 is 0 Å². The molecule has 0 aliphatic heterocycles. The van der Waals surface area contributed by atoms with E-state index >= 15 is 0 Å². The second kappa shape index (κ2) is 4.97. The number of nitrogens with one attached hydrogen (secondary N) is 1. The predicted molar refractivity (Wildman–Crippen MR) is 57.7 cm³/mol. The fourth-order valence-corrected chi connectivity index (χ4v) is 2.38. The van der Waals surface area contributed by atoms with E-state index in [0.29, 0.717) is 0 Å². The van der Waals surface area contributed by atoms with E-state index in [0.717, 1.165) is 19.0 Å². The lowest BCUT2D eigenvalue weighted by atomic mass is 9.77. The van der Waals surface area contributed by atoms with Gasteiger partial charge in [0, 0.05) is 12.1 Å². The maximum atomic E-state index is 6.33. The van der Waals surface area contributed by atoms with Gasteiger partial charge in [-0.1, -0.05) is 26.7 Å². The van der Waals surface area contributed by atoms with Gasteiger partial charge in [-0.25, -0.2) is 0 Å². The fourth-order valence-electron chi connectivity index (χ4n) is 2.38. The molecule has 0 aromatic carbocycles. The minimum Gasteiger partial charge on any atom is -0.324 e. The van der Waals surface area contributed by atoms with E-state index in [-0.39, 0.29) is 5.54 Å².